The highest BCUT2D eigenvalue weighted by Gasteiger charge is 2.38. The van der Waals surface area contributed by atoms with Crippen LogP contribution in [0, 0.1) is 18.7 Å². The van der Waals surface area contributed by atoms with Crippen molar-refractivity contribution < 1.29 is 9.18 Å². The van der Waals surface area contributed by atoms with E-state index in [0.717, 1.165) is 43.6 Å². The van der Waals surface area contributed by atoms with Crippen LogP contribution in [0.4, 0.5) is 4.39 Å². The Hall–Kier alpha value is -2.98. The molecule has 1 aliphatic heterocycles. The monoisotopic (exact) mass is 484 g/mol. The van der Waals surface area contributed by atoms with Gasteiger partial charge in [-0.15, -0.1) is 0 Å². The number of carbonyl (C=O) groups is 1. The second kappa shape index (κ2) is 11.4. The molecule has 0 N–H and O–H groups in total. The minimum atomic E-state index is -0.142. The quantitative estimate of drug-likeness (QED) is 0.367. The largest absolute Gasteiger partial charge is 0.335 e. The number of benzene rings is 3. The molecule has 3 nitrogen and oxygen atoms in total. The van der Waals surface area contributed by atoms with Crippen molar-refractivity contribution in [2.45, 2.75) is 57.5 Å². The van der Waals surface area contributed by atoms with Crippen LogP contribution in [-0.2, 0) is 6.54 Å². The van der Waals surface area contributed by atoms with E-state index < -0.39 is 0 Å². The molecule has 2 atom stereocenters. The molecule has 1 saturated carbocycles. The minimum absolute atomic E-state index is 0.142. The lowest BCUT2D eigenvalue weighted by atomic mass is 9.85. The molecule has 0 radical (unpaired) electrons. The molecule has 0 aromatic heterocycles. The van der Waals surface area contributed by atoms with E-state index >= 15 is 0 Å². The maximum Gasteiger partial charge on any atom is 0.254 e. The summed E-state index contributed by atoms with van der Waals surface area (Å²) in [6.07, 6.45) is 5.80. The first kappa shape index (κ1) is 24.7. The zero-order valence-corrected chi connectivity index (χ0v) is 21.3. The van der Waals surface area contributed by atoms with E-state index in [2.05, 4.69) is 41.0 Å². The standard InChI is InChI=1S/C32H37FN2O/c1-24-12-8-10-18-29(24)30-23-34(20-26-15-9-11-19-31(26)33)21-27(30)22-35(28-16-6-3-7-17-28)32(36)25-13-4-2-5-14-25/h2,4-5,8-15,18-19,27-28,30H,3,6-7,16-17,20-23H2,1H3. The van der Waals surface area contributed by atoms with Gasteiger partial charge in [-0.2, -0.15) is 0 Å². The fourth-order valence-corrected chi connectivity index (χ4v) is 6.29. The summed E-state index contributed by atoms with van der Waals surface area (Å²) >= 11 is 0. The molecule has 5 rings (SSSR count). The highest BCUT2D eigenvalue weighted by Crippen LogP contribution is 2.37. The Morgan fingerprint density at radius 2 is 1.58 bits per heavy atom. The first-order valence-corrected chi connectivity index (χ1v) is 13.5. The molecule has 2 fully saturated rings. The predicted molar refractivity (Wildman–Crippen MR) is 143 cm³/mol. The molecular weight excluding hydrogens is 447 g/mol. The van der Waals surface area contributed by atoms with Crippen molar-refractivity contribution in [3.8, 4) is 0 Å². The van der Waals surface area contributed by atoms with Crippen molar-refractivity contribution in [1.82, 2.24) is 9.80 Å². The summed E-state index contributed by atoms with van der Waals surface area (Å²) in [5, 5.41) is 0. The van der Waals surface area contributed by atoms with Crippen LogP contribution in [-0.4, -0.2) is 41.4 Å². The third-order valence-corrected chi connectivity index (χ3v) is 8.18. The van der Waals surface area contributed by atoms with Gasteiger partial charge in [-0.25, -0.2) is 4.39 Å². The van der Waals surface area contributed by atoms with Gasteiger partial charge in [0, 0.05) is 49.3 Å². The molecule has 0 spiro atoms. The summed E-state index contributed by atoms with van der Waals surface area (Å²) in [4.78, 5) is 18.4. The van der Waals surface area contributed by atoms with Crippen LogP contribution >= 0.6 is 0 Å². The zero-order chi connectivity index (χ0) is 24.9. The lowest BCUT2D eigenvalue weighted by Gasteiger charge is -2.37. The number of amides is 1. The van der Waals surface area contributed by atoms with Crippen molar-refractivity contribution in [1.29, 1.82) is 0 Å². The number of nitrogens with zero attached hydrogens (tertiary/aromatic N) is 2. The maximum atomic E-state index is 14.5. The lowest BCUT2D eigenvalue weighted by molar-refractivity contribution is 0.0588. The van der Waals surface area contributed by atoms with Crippen LogP contribution < -0.4 is 0 Å². The molecule has 2 unspecified atom stereocenters. The number of rotatable bonds is 7. The van der Waals surface area contributed by atoms with Gasteiger partial charge >= 0.3 is 0 Å². The van der Waals surface area contributed by atoms with Crippen LogP contribution in [0.2, 0.25) is 0 Å². The number of halogens is 1. The van der Waals surface area contributed by atoms with Crippen LogP contribution in [0.15, 0.2) is 78.9 Å². The van der Waals surface area contributed by atoms with Gasteiger partial charge in [0.15, 0.2) is 0 Å². The molecule has 1 aliphatic carbocycles. The second-order valence-corrected chi connectivity index (χ2v) is 10.6. The zero-order valence-electron chi connectivity index (χ0n) is 21.3. The third-order valence-electron chi connectivity index (χ3n) is 8.18. The second-order valence-electron chi connectivity index (χ2n) is 10.6. The molecule has 3 aromatic carbocycles. The van der Waals surface area contributed by atoms with E-state index in [1.807, 2.05) is 42.5 Å². The summed E-state index contributed by atoms with van der Waals surface area (Å²) in [5.74, 6) is 0.621. The van der Waals surface area contributed by atoms with Crippen LogP contribution in [0.5, 0.6) is 0 Å². The Morgan fingerprint density at radius 3 is 2.33 bits per heavy atom. The Balaban J connectivity index is 1.43. The highest BCUT2D eigenvalue weighted by molar-refractivity contribution is 5.94. The summed E-state index contributed by atoms with van der Waals surface area (Å²) in [7, 11) is 0. The summed E-state index contributed by atoms with van der Waals surface area (Å²) < 4.78 is 14.5. The predicted octanol–water partition coefficient (Wildman–Crippen LogP) is 6.82. The number of aryl methyl sites for hydroxylation is 1. The van der Waals surface area contributed by atoms with Crippen LogP contribution in [0.25, 0.3) is 0 Å². The van der Waals surface area contributed by atoms with Gasteiger partial charge in [0.05, 0.1) is 0 Å². The number of likely N-dealkylation sites (tertiary alicyclic amines) is 1. The van der Waals surface area contributed by atoms with E-state index in [0.29, 0.717) is 24.4 Å². The smallest absolute Gasteiger partial charge is 0.254 e. The van der Waals surface area contributed by atoms with Crippen molar-refractivity contribution in [3.63, 3.8) is 0 Å². The lowest BCUT2D eigenvalue weighted by Crippen LogP contribution is -2.45. The van der Waals surface area contributed by atoms with Crippen molar-refractivity contribution in [2.24, 2.45) is 5.92 Å². The summed E-state index contributed by atoms with van der Waals surface area (Å²) in [5.41, 5.74) is 4.16. The molecule has 1 saturated heterocycles. The van der Waals surface area contributed by atoms with Gasteiger partial charge in [0.2, 0.25) is 0 Å². The molecule has 0 bridgehead atoms. The fraction of sp³-hybridized carbons (Fsp3) is 0.406. The van der Waals surface area contributed by atoms with Gasteiger partial charge in [-0.05, 0) is 55.0 Å². The van der Waals surface area contributed by atoms with Gasteiger partial charge in [0.1, 0.15) is 5.82 Å². The van der Waals surface area contributed by atoms with E-state index in [9.17, 15) is 9.18 Å². The van der Waals surface area contributed by atoms with Gasteiger partial charge < -0.3 is 4.90 Å². The Kier molecular flexibility index (Phi) is 7.81. The van der Waals surface area contributed by atoms with E-state index in [4.69, 9.17) is 0 Å². The van der Waals surface area contributed by atoms with E-state index in [1.165, 1.54) is 30.4 Å². The van der Waals surface area contributed by atoms with Crippen molar-refractivity contribution in [3.05, 3.63) is 107 Å². The molecule has 188 valence electrons. The SMILES string of the molecule is Cc1ccccc1C1CN(Cc2ccccc2F)CC1CN(C(=O)c1ccccc1)C1CCCCC1. The van der Waals surface area contributed by atoms with Crippen molar-refractivity contribution >= 4 is 5.91 Å². The first-order valence-electron chi connectivity index (χ1n) is 13.5. The molecule has 1 heterocycles. The maximum absolute atomic E-state index is 14.5. The average molecular weight is 485 g/mol. The third kappa shape index (κ3) is 5.54. The molecular formula is C32H37FN2O. The van der Waals surface area contributed by atoms with Gasteiger partial charge in [-0.1, -0.05) is 79.9 Å². The molecule has 3 aromatic rings. The molecule has 36 heavy (non-hydrogen) atoms. The van der Waals surface area contributed by atoms with E-state index in [1.54, 1.807) is 12.1 Å². The van der Waals surface area contributed by atoms with Crippen molar-refractivity contribution in [2.75, 3.05) is 19.6 Å². The number of hydrogen-bond donors (Lipinski definition) is 0. The van der Waals surface area contributed by atoms with Crippen LogP contribution in [0.3, 0.4) is 0 Å². The number of carbonyl (C=O) groups excluding carboxylic acids is 1. The van der Waals surface area contributed by atoms with Gasteiger partial charge in [-0.3, -0.25) is 9.69 Å². The molecule has 1 amide bonds. The summed E-state index contributed by atoms with van der Waals surface area (Å²) in [6.45, 7) is 5.26. The Bertz CT molecular complexity index is 1160. The molecule has 2 aliphatic rings. The van der Waals surface area contributed by atoms with Gasteiger partial charge in [0.25, 0.3) is 5.91 Å². The Morgan fingerprint density at radius 1 is 0.889 bits per heavy atom. The van der Waals surface area contributed by atoms with E-state index in [-0.39, 0.29) is 11.7 Å². The summed E-state index contributed by atoms with van der Waals surface area (Å²) in [6, 6.07) is 25.8. The fourth-order valence-electron chi connectivity index (χ4n) is 6.29. The molecule has 4 heteroatoms. The topological polar surface area (TPSA) is 23.6 Å². The average Bonchev–Trinajstić information content (AvgIpc) is 3.31. The Labute approximate surface area is 214 Å². The highest BCUT2D eigenvalue weighted by atomic mass is 19.1. The normalized spacial score (nSPS) is 20.9. The van der Waals surface area contributed by atoms with Crippen LogP contribution in [0.1, 0.15) is 65.1 Å². The number of hydrogen-bond acceptors (Lipinski definition) is 2. The first-order chi connectivity index (χ1) is 17.6. The minimum Gasteiger partial charge on any atom is -0.335 e.